The lowest BCUT2D eigenvalue weighted by Gasteiger charge is -2.23. The topological polar surface area (TPSA) is 116 Å². The van der Waals surface area contributed by atoms with Crippen LogP contribution in [-0.2, 0) is 18.4 Å². The van der Waals surface area contributed by atoms with Crippen LogP contribution in [-0.4, -0.2) is 44.2 Å². The average molecular weight is 484 g/mol. The van der Waals surface area contributed by atoms with Crippen LogP contribution in [0.15, 0.2) is 42.7 Å². The number of hydrogen-bond donors (Lipinski definition) is 3. The SMILES string of the molecule is CC(Cc1cc(CNC(=O)O)cc(C(C)(C)C)c1)Nc1nccc(N(C)c2ccnc(Cl)n2)n1. The summed E-state index contributed by atoms with van der Waals surface area (Å²) in [7, 11) is 1.85. The summed E-state index contributed by atoms with van der Waals surface area (Å²) < 4.78 is 0. The van der Waals surface area contributed by atoms with Crippen molar-refractivity contribution in [2.75, 3.05) is 17.3 Å². The molecule has 1 aromatic carbocycles. The normalized spacial score (nSPS) is 12.2. The molecule has 0 aliphatic rings. The summed E-state index contributed by atoms with van der Waals surface area (Å²) in [6.45, 7) is 8.75. The Labute approximate surface area is 204 Å². The Morgan fingerprint density at radius 1 is 1.09 bits per heavy atom. The summed E-state index contributed by atoms with van der Waals surface area (Å²) in [5.74, 6) is 1.78. The fourth-order valence-electron chi connectivity index (χ4n) is 3.45. The zero-order valence-electron chi connectivity index (χ0n) is 20.0. The second kappa shape index (κ2) is 10.6. The van der Waals surface area contributed by atoms with Crippen molar-refractivity contribution in [3.63, 3.8) is 0 Å². The molecular formula is C24H30ClN7O2. The van der Waals surface area contributed by atoms with Gasteiger partial charge in [-0.3, -0.25) is 0 Å². The van der Waals surface area contributed by atoms with Gasteiger partial charge in [-0.15, -0.1) is 0 Å². The van der Waals surface area contributed by atoms with Gasteiger partial charge in [-0.05, 0) is 59.2 Å². The number of nitrogens with one attached hydrogen (secondary N) is 2. The van der Waals surface area contributed by atoms with E-state index in [0.29, 0.717) is 17.6 Å². The van der Waals surface area contributed by atoms with Crippen LogP contribution in [0.25, 0.3) is 0 Å². The minimum atomic E-state index is -1.04. The molecular weight excluding hydrogens is 454 g/mol. The smallest absolute Gasteiger partial charge is 0.404 e. The van der Waals surface area contributed by atoms with E-state index < -0.39 is 6.09 Å². The summed E-state index contributed by atoms with van der Waals surface area (Å²) in [4.78, 5) is 29.8. The zero-order valence-corrected chi connectivity index (χ0v) is 20.8. The molecule has 3 aromatic rings. The van der Waals surface area contributed by atoms with Crippen LogP contribution >= 0.6 is 11.6 Å². The van der Waals surface area contributed by atoms with Crippen LogP contribution in [0.4, 0.5) is 22.4 Å². The summed E-state index contributed by atoms with van der Waals surface area (Å²) in [5.41, 5.74) is 3.14. The minimum Gasteiger partial charge on any atom is -0.465 e. The maximum Gasteiger partial charge on any atom is 0.404 e. The van der Waals surface area contributed by atoms with Crippen LogP contribution in [0.3, 0.4) is 0 Å². The predicted octanol–water partition coefficient (Wildman–Crippen LogP) is 4.80. The molecule has 0 bridgehead atoms. The van der Waals surface area contributed by atoms with E-state index >= 15 is 0 Å². The largest absolute Gasteiger partial charge is 0.465 e. The highest BCUT2D eigenvalue weighted by Crippen LogP contribution is 2.26. The molecule has 2 heterocycles. The Morgan fingerprint density at radius 2 is 1.74 bits per heavy atom. The van der Waals surface area contributed by atoms with Gasteiger partial charge in [0.05, 0.1) is 0 Å². The lowest BCUT2D eigenvalue weighted by Crippen LogP contribution is -2.23. The number of carboxylic acid groups (broad SMARTS) is 1. The number of amides is 1. The summed E-state index contributed by atoms with van der Waals surface area (Å²) in [6.07, 6.45) is 2.96. The number of aromatic nitrogens is 4. The first-order valence-corrected chi connectivity index (χ1v) is 11.3. The fraction of sp³-hybridized carbons (Fsp3) is 0.375. The summed E-state index contributed by atoms with van der Waals surface area (Å²) in [5, 5.41) is 15.0. The monoisotopic (exact) mass is 483 g/mol. The molecule has 10 heteroatoms. The number of halogens is 1. The van der Waals surface area contributed by atoms with Gasteiger partial charge in [0.15, 0.2) is 0 Å². The Morgan fingerprint density at radius 3 is 2.38 bits per heavy atom. The fourth-order valence-corrected chi connectivity index (χ4v) is 3.60. The summed E-state index contributed by atoms with van der Waals surface area (Å²) >= 11 is 5.91. The van der Waals surface area contributed by atoms with Crippen LogP contribution in [0.5, 0.6) is 0 Å². The molecule has 1 unspecified atom stereocenters. The van der Waals surface area contributed by atoms with E-state index in [1.807, 2.05) is 13.1 Å². The van der Waals surface area contributed by atoms with Gasteiger partial charge in [0.2, 0.25) is 11.2 Å². The van der Waals surface area contributed by atoms with E-state index in [1.54, 1.807) is 29.4 Å². The van der Waals surface area contributed by atoms with E-state index in [9.17, 15) is 4.79 Å². The highest BCUT2D eigenvalue weighted by molar-refractivity contribution is 6.28. The molecule has 0 saturated heterocycles. The highest BCUT2D eigenvalue weighted by atomic mass is 35.5. The maximum atomic E-state index is 11.0. The molecule has 0 fully saturated rings. The van der Waals surface area contributed by atoms with Crippen LogP contribution in [0.2, 0.25) is 5.28 Å². The predicted molar refractivity (Wildman–Crippen MR) is 134 cm³/mol. The Balaban J connectivity index is 1.75. The van der Waals surface area contributed by atoms with E-state index in [-0.39, 0.29) is 23.3 Å². The van der Waals surface area contributed by atoms with Crippen molar-refractivity contribution in [1.82, 2.24) is 25.3 Å². The molecule has 0 saturated carbocycles. The first kappa shape index (κ1) is 25.2. The molecule has 180 valence electrons. The van der Waals surface area contributed by atoms with Gasteiger partial charge in [-0.2, -0.15) is 4.98 Å². The third kappa shape index (κ3) is 7.02. The Bertz CT molecular complexity index is 1150. The average Bonchev–Trinajstić information content (AvgIpc) is 2.76. The van der Waals surface area contributed by atoms with E-state index in [0.717, 1.165) is 23.1 Å². The first-order valence-electron chi connectivity index (χ1n) is 10.9. The number of nitrogens with zero attached hydrogens (tertiary/aromatic N) is 5. The molecule has 34 heavy (non-hydrogen) atoms. The second-order valence-electron chi connectivity index (χ2n) is 9.18. The van der Waals surface area contributed by atoms with Crippen molar-refractivity contribution < 1.29 is 9.90 Å². The number of anilines is 3. The molecule has 0 aliphatic heterocycles. The third-order valence-electron chi connectivity index (χ3n) is 5.22. The minimum absolute atomic E-state index is 0.0320. The number of carbonyl (C=O) groups is 1. The maximum absolute atomic E-state index is 11.0. The lowest BCUT2D eigenvalue weighted by atomic mass is 9.84. The van der Waals surface area contributed by atoms with Crippen molar-refractivity contribution in [2.45, 2.75) is 52.1 Å². The molecule has 0 spiro atoms. The van der Waals surface area contributed by atoms with Gasteiger partial charge in [0.1, 0.15) is 11.6 Å². The van der Waals surface area contributed by atoms with Crippen molar-refractivity contribution in [2.24, 2.45) is 0 Å². The molecule has 3 N–H and O–H groups in total. The quantitative estimate of drug-likeness (QED) is 0.391. The second-order valence-corrected chi connectivity index (χ2v) is 9.52. The molecule has 3 rings (SSSR count). The Hall–Kier alpha value is -3.46. The van der Waals surface area contributed by atoms with Gasteiger partial charge in [0, 0.05) is 32.0 Å². The number of benzene rings is 1. The van der Waals surface area contributed by atoms with Crippen molar-refractivity contribution in [3.8, 4) is 0 Å². The van der Waals surface area contributed by atoms with Gasteiger partial charge in [-0.25, -0.2) is 19.7 Å². The van der Waals surface area contributed by atoms with Gasteiger partial charge >= 0.3 is 6.09 Å². The van der Waals surface area contributed by atoms with Crippen molar-refractivity contribution in [3.05, 3.63) is 64.7 Å². The van der Waals surface area contributed by atoms with E-state index in [1.165, 1.54) is 0 Å². The van der Waals surface area contributed by atoms with Gasteiger partial charge < -0.3 is 20.6 Å². The molecule has 0 radical (unpaired) electrons. The van der Waals surface area contributed by atoms with Crippen LogP contribution < -0.4 is 15.5 Å². The van der Waals surface area contributed by atoms with Crippen molar-refractivity contribution in [1.29, 1.82) is 0 Å². The standard InChI is InChI=1S/C24H30ClN7O2/c1-15(10-16-11-17(14-28-23(33)34)13-18(12-16)24(2,3)4)29-22-27-9-7-20(31-22)32(5)19-6-8-26-21(25)30-19/h6-9,11-13,15,28H,10,14H2,1-5H3,(H,33,34)(H,27,29,31). The van der Waals surface area contributed by atoms with Crippen LogP contribution in [0, 0.1) is 0 Å². The van der Waals surface area contributed by atoms with E-state index in [2.05, 4.69) is 70.4 Å². The highest BCUT2D eigenvalue weighted by Gasteiger charge is 2.17. The van der Waals surface area contributed by atoms with Gasteiger partial charge in [0.25, 0.3) is 0 Å². The molecule has 9 nitrogen and oxygen atoms in total. The van der Waals surface area contributed by atoms with Gasteiger partial charge in [-0.1, -0.05) is 39.0 Å². The molecule has 1 atom stereocenters. The number of rotatable bonds is 8. The van der Waals surface area contributed by atoms with Crippen molar-refractivity contribution >= 4 is 35.3 Å². The first-order chi connectivity index (χ1) is 16.0. The Kier molecular flexibility index (Phi) is 7.88. The molecule has 0 aliphatic carbocycles. The molecule has 2 aromatic heterocycles. The number of hydrogen-bond acceptors (Lipinski definition) is 7. The third-order valence-corrected chi connectivity index (χ3v) is 5.40. The zero-order chi connectivity index (χ0) is 24.9. The summed E-state index contributed by atoms with van der Waals surface area (Å²) in [6, 6.07) is 9.84. The van der Waals surface area contributed by atoms with Crippen LogP contribution in [0.1, 0.15) is 44.4 Å². The molecule has 1 amide bonds. The lowest BCUT2D eigenvalue weighted by molar-refractivity contribution is 0.194. The van der Waals surface area contributed by atoms with E-state index in [4.69, 9.17) is 16.7 Å².